The molecule has 0 aliphatic rings. The zero-order valence-corrected chi connectivity index (χ0v) is 24.1. The smallest absolute Gasteiger partial charge is 0.272 e. The first-order valence-corrected chi connectivity index (χ1v) is 14.3. The molecule has 0 aliphatic carbocycles. The molecule has 208 valence electrons. The molecule has 1 atom stereocenters. The van der Waals surface area contributed by atoms with Crippen LogP contribution in [0, 0.1) is 0 Å². The molecule has 7 heteroatoms. The highest BCUT2D eigenvalue weighted by Gasteiger charge is 2.17. The summed E-state index contributed by atoms with van der Waals surface area (Å²) in [7, 11) is 0. The molecule has 0 heterocycles. The molecule has 3 amide bonds. The predicted molar refractivity (Wildman–Crippen MR) is 168 cm³/mol. The zero-order valence-electron chi connectivity index (χ0n) is 23.3. The third kappa shape index (κ3) is 8.68. The van der Waals surface area contributed by atoms with Gasteiger partial charge in [0, 0.05) is 21.8 Å². The van der Waals surface area contributed by atoms with Crippen LogP contribution in [0.4, 0.5) is 11.4 Å². The van der Waals surface area contributed by atoms with E-state index in [9.17, 15) is 14.4 Å². The number of para-hydroxylation sites is 1. The van der Waals surface area contributed by atoms with Crippen LogP contribution >= 0.6 is 11.8 Å². The third-order valence-electron chi connectivity index (χ3n) is 6.26. The van der Waals surface area contributed by atoms with E-state index in [2.05, 4.69) is 29.8 Å². The van der Waals surface area contributed by atoms with Crippen LogP contribution < -0.4 is 16.0 Å². The monoisotopic (exact) mass is 563 g/mol. The maximum Gasteiger partial charge on any atom is 0.272 e. The quantitative estimate of drug-likeness (QED) is 0.139. The van der Waals surface area contributed by atoms with E-state index in [1.165, 1.54) is 17.3 Å². The number of amides is 3. The van der Waals surface area contributed by atoms with Gasteiger partial charge in [0.2, 0.25) is 5.91 Å². The van der Waals surface area contributed by atoms with Crippen molar-refractivity contribution in [2.75, 3.05) is 10.6 Å². The fraction of sp³-hybridized carbons (Fsp3) is 0.147. The summed E-state index contributed by atoms with van der Waals surface area (Å²) in [5.41, 5.74) is 3.82. The van der Waals surface area contributed by atoms with Gasteiger partial charge in [0.15, 0.2) is 0 Å². The number of carbonyl (C=O) groups excluding carboxylic acids is 3. The van der Waals surface area contributed by atoms with E-state index < -0.39 is 5.91 Å². The average molecular weight is 564 g/mol. The van der Waals surface area contributed by atoms with Crippen molar-refractivity contribution in [2.24, 2.45) is 0 Å². The van der Waals surface area contributed by atoms with Gasteiger partial charge in [0.25, 0.3) is 11.8 Å². The van der Waals surface area contributed by atoms with E-state index in [1.807, 2.05) is 85.8 Å². The van der Waals surface area contributed by atoms with Gasteiger partial charge >= 0.3 is 0 Å². The first kappa shape index (κ1) is 29.4. The molecule has 41 heavy (non-hydrogen) atoms. The zero-order chi connectivity index (χ0) is 29.2. The van der Waals surface area contributed by atoms with Gasteiger partial charge in [-0.25, -0.2) is 0 Å². The SMILES string of the molecule is CC(Sc1cccc(NC(=O)/C(=C\c2ccc(C(C)C)cc2)NC(=O)c2ccccc2)c1)C(=O)Nc1ccccc1. The fourth-order valence-electron chi connectivity index (χ4n) is 3.95. The Kier molecular flexibility index (Phi) is 10.1. The molecule has 0 aromatic heterocycles. The van der Waals surface area contributed by atoms with Crippen molar-refractivity contribution in [1.29, 1.82) is 0 Å². The summed E-state index contributed by atoms with van der Waals surface area (Å²) in [6, 6.07) is 33.2. The lowest BCUT2D eigenvalue weighted by Crippen LogP contribution is -2.30. The van der Waals surface area contributed by atoms with Gasteiger partial charge in [-0.05, 0) is 72.5 Å². The topological polar surface area (TPSA) is 87.3 Å². The summed E-state index contributed by atoms with van der Waals surface area (Å²) in [6.45, 7) is 6.07. The number of nitrogens with one attached hydrogen (secondary N) is 3. The lowest BCUT2D eigenvalue weighted by molar-refractivity contribution is -0.115. The van der Waals surface area contributed by atoms with Crippen molar-refractivity contribution in [3.63, 3.8) is 0 Å². The summed E-state index contributed by atoms with van der Waals surface area (Å²) in [5, 5.41) is 8.22. The Labute approximate surface area is 245 Å². The second kappa shape index (κ2) is 14.1. The Bertz CT molecular complexity index is 1520. The highest BCUT2D eigenvalue weighted by molar-refractivity contribution is 8.00. The first-order valence-electron chi connectivity index (χ1n) is 13.4. The number of hydrogen-bond donors (Lipinski definition) is 3. The second-order valence-corrected chi connectivity index (χ2v) is 11.2. The lowest BCUT2D eigenvalue weighted by Gasteiger charge is -2.14. The van der Waals surface area contributed by atoms with Gasteiger partial charge in [-0.3, -0.25) is 14.4 Å². The van der Waals surface area contributed by atoms with Gasteiger partial charge in [0.1, 0.15) is 5.70 Å². The molecule has 4 rings (SSSR count). The fourth-order valence-corrected chi connectivity index (χ4v) is 4.88. The van der Waals surface area contributed by atoms with Crippen LogP contribution in [0.2, 0.25) is 0 Å². The molecule has 4 aromatic rings. The molecule has 0 saturated carbocycles. The normalized spacial score (nSPS) is 12.0. The van der Waals surface area contributed by atoms with Crippen LogP contribution in [0.3, 0.4) is 0 Å². The highest BCUT2D eigenvalue weighted by Crippen LogP contribution is 2.27. The van der Waals surface area contributed by atoms with Crippen LogP contribution in [-0.2, 0) is 9.59 Å². The largest absolute Gasteiger partial charge is 0.325 e. The Morgan fingerprint density at radius 2 is 1.34 bits per heavy atom. The highest BCUT2D eigenvalue weighted by atomic mass is 32.2. The molecule has 0 bridgehead atoms. The Morgan fingerprint density at radius 3 is 2.00 bits per heavy atom. The minimum absolute atomic E-state index is 0.116. The number of hydrogen-bond acceptors (Lipinski definition) is 4. The van der Waals surface area contributed by atoms with Gasteiger partial charge in [-0.1, -0.05) is 80.6 Å². The predicted octanol–water partition coefficient (Wildman–Crippen LogP) is 7.34. The average Bonchev–Trinajstić information content (AvgIpc) is 2.98. The van der Waals surface area contributed by atoms with Crippen molar-refractivity contribution < 1.29 is 14.4 Å². The Balaban J connectivity index is 1.49. The maximum absolute atomic E-state index is 13.4. The molecule has 3 N–H and O–H groups in total. The lowest BCUT2D eigenvalue weighted by atomic mass is 10.0. The summed E-state index contributed by atoms with van der Waals surface area (Å²) < 4.78 is 0. The van der Waals surface area contributed by atoms with Gasteiger partial charge in [-0.2, -0.15) is 0 Å². The van der Waals surface area contributed by atoms with Crippen molar-refractivity contribution >= 4 is 46.9 Å². The molecule has 0 fully saturated rings. The van der Waals surface area contributed by atoms with E-state index in [1.54, 1.807) is 36.4 Å². The van der Waals surface area contributed by atoms with Crippen LogP contribution in [0.15, 0.2) is 120 Å². The summed E-state index contributed by atoms with van der Waals surface area (Å²) >= 11 is 1.39. The van der Waals surface area contributed by atoms with Crippen molar-refractivity contribution in [3.05, 3.63) is 132 Å². The van der Waals surface area contributed by atoms with Crippen LogP contribution in [0.25, 0.3) is 6.08 Å². The number of benzene rings is 4. The molecule has 0 radical (unpaired) electrons. The van der Waals surface area contributed by atoms with Crippen molar-refractivity contribution in [2.45, 2.75) is 36.8 Å². The molecule has 0 aliphatic heterocycles. The summed E-state index contributed by atoms with van der Waals surface area (Å²) in [4.78, 5) is 39.9. The maximum atomic E-state index is 13.4. The number of carbonyl (C=O) groups is 3. The van der Waals surface area contributed by atoms with Crippen molar-refractivity contribution in [1.82, 2.24) is 5.32 Å². The summed E-state index contributed by atoms with van der Waals surface area (Å²) in [6.07, 6.45) is 1.66. The molecule has 4 aromatic carbocycles. The van der Waals surface area contributed by atoms with E-state index >= 15 is 0 Å². The number of rotatable bonds is 10. The summed E-state index contributed by atoms with van der Waals surface area (Å²) in [5.74, 6) is -0.577. The standard InChI is InChI=1S/C34H33N3O3S/c1-23(2)26-19-17-25(18-20-26)21-31(37-33(39)27-11-6-4-7-12-27)34(40)36-29-15-10-16-30(22-29)41-24(3)32(38)35-28-13-8-5-9-14-28/h4-24H,1-3H3,(H,35,38)(H,36,40)(H,37,39)/b31-21+. The number of anilines is 2. The Morgan fingerprint density at radius 1 is 0.707 bits per heavy atom. The van der Waals surface area contributed by atoms with Gasteiger partial charge < -0.3 is 16.0 Å². The van der Waals surface area contributed by atoms with Crippen LogP contribution in [0.5, 0.6) is 0 Å². The van der Waals surface area contributed by atoms with Gasteiger partial charge in [-0.15, -0.1) is 11.8 Å². The Hall–Kier alpha value is -4.62. The number of thioether (sulfide) groups is 1. The molecule has 0 saturated heterocycles. The van der Waals surface area contributed by atoms with Crippen LogP contribution in [-0.4, -0.2) is 23.0 Å². The molecular formula is C34H33N3O3S. The van der Waals surface area contributed by atoms with E-state index in [0.29, 0.717) is 17.2 Å². The first-order chi connectivity index (χ1) is 19.8. The van der Waals surface area contributed by atoms with Crippen LogP contribution in [0.1, 0.15) is 48.2 Å². The van der Waals surface area contributed by atoms with Crippen molar-refractivity contribution in [3.8, 4) is 0 Å². The molecule has 6 nitrogen and oxygen atoms in total. The van der Waals surface area contributed by atoms with E-state index in [-0.39, 0.29) is 22.8 Å². The molecule has 0 spiro atoms. The van der Waals surface area contributed by atoms with E-state index in [0.717, 1.165) is 16.1 Å². The molecule has 1 unspecified atom stereocenters. The van der Waals surface area contributed by atoms with E-state index in [4.69, 9.17) is 0 Å². The third-order valence-corrected chi connectivity index (χ3v) is 7.35. The second-order valence-electron chi connectivity index (χ2n) is 9.80. The molecular weight excluding hydrogens is 530 g/mol. The minimum Gasteiger partial charge on any atom is -0.325 e. The minimum atomic E-state index is -0.459. The van der Waals surface area contributed by atoms with Gasteiger partial charge in [0.05, 0.1) is 5.25 Å².